The first kappa shape index (κ1) is 17.0. The van der Waals surface area contributed by atoms with Crippen LogP contribution >= 0.6 is 0 Å². The number of hydrogen-bond donors (Lipinski definition) is 3. The number of aliphatic carboxylic acids is 1. The molecular weight excluding hydrogens is 272 g/mol. The Kier molecular flexibility index (Phi) is 6.68. The van der Waals surface area contributed by atoms with Gasteiger partial charge in [0.25, 0.3) is 0 Å². The van der Waals surface area contributed by atoms with Gasteiger partial charge < -0.3 is 20.5 Å². The second-order valence-corrected chi connectivity index (χ2v) is 4.89. The third-order valence-electron chi connectivity index (χ3n) is 3.23. The molecule has 2 amide bonds. The van der Waals surface area contributed by atoms with Crippen molar-refractivity contribution in [3.05, 3.63) is 35.4 Å². The average Bonchev–Trinajstić information content (AvgIpc) is 2.43. The molecule has 1 aromatic rings. The summed E-state index contributed by atoms with van der Waals surface area (Å²) in [5, 5.41) is 14.1. The lowest BCUT2D eigenvalue weighted by Crippen LogP contribution is -2.41. The normalized spacial score (nSPS) is 13.3. The van der Waals surface area contributed by atoms with E-state index in [1.807, 2.05) is 38.1 Å². The number of carboxylic acid groups (broad SMARTS) is 1. The molecule has 0 bridgehead atoms. The number of carboxylic acids is 1. The maximum atomic E-state index is 11.8. The number of nitrogens with one attached hydrogen (secondary N) is 2. The van der Waals surface area contributed by atoms with Crippen LogP contribution in [0.1, 0.15) is 30.5 Å². The molecule has 116 valence electrons. The molecule has 3 N–H and O–H groups in total. The number of urea groups is 1. The van der Waals surface area contributed by atoms with Crippen LogP contribution in [0.15, 0.2) is 24.3 Å². The van der Waals surface area contributed by atoms with E-state index in [1.54, 1.807) is 0 Å². The molecule has 0 aliphatic heterocycles. The summed E-state index contributed by atoms with van der Waals surface area (Å²) >= 11 is 0. The Labute approximate surface area is 124 Å². The number of rotatable bonds is 7. The van der Waals surface area contributed by atoms with Crippen LogP contribution in [0.25, 0.3) is 0 Å². The summed E-state index contributed by atoms with van der Waals surface area (Å²) < 4.78 is 5.00. The summed E-state index contributed by atoms with van der Waals surface area (Å²) in [4.78, 5) is 22.4. The summed E-state index contributed by atoms with van der Waals surface area (Å²) in [7, 11) is 1.42. The van der Waals surface area contributed by atoms with Gasteiger partial charge in [0.15, 0.2) is 0 Å². The van der Waals surface area contributed by atoms with Gasteiger partial charge in [-0.15, -0.1) is 0 Å². The fourth-order valence-electron chi connectivity index (χ4n) is 2.04. The van der Waals surface area contributed by atoms with Crippen molar-refractivity contribution in [2.45, 2.75) is 32.4 Å². The van der Waals surface area contributed by atoms with Crippen molar-refractivity contribution < 1.29 is 19.4 Å². The maximum Gasteiger partial charge on any atom is 0.315 e. The van der Waals surface area contributed by atoms with Crippen molar-refractivity contribution >= 4 is 12.0 Å². The Morgan fingerprint density at radius 1 is 1.33 bits per heavy atom. The van der Waals surface area contributed by atoms with Crippen molar-refractivity contribution in [2.75, 3.05) is 13.7 Å². The summed E-state index contributed by atoms with van der Waals surface area (Å²) in [6, 6.07) is 7.33. The zero-order valence-electron chi connectivity index (χ0n) is 12.6. The van der Waals surface area contributed by atoms with E-state index in [-0.39, 0.29) is 25.0 Å². The number of aryl methyl sites for hydroxylation is 1. The molecule has 21 heavy (non-hydrogen) atoms. The molecule has 0 radical (unpaired) electrons. The summed E-state index contributed by atoms with van der Waals surface area (Å²) in [6.45, 7) is 4.03. The van der Waals surface area contributed by atoms with Crippen molar-refractivity contribution in [1.29, 1.82) is 0 Å². The molecule has 2 unspecified atom stereocenters. The van der Waals surface area contributed by atoms with Crippen LogP contribution in [-0.4, -0.2) is 36.9 Å². The molecule has 2 atom stereocenters. The second-order valence-electron chi connectivity index (χ2n) is 4.89. The highest BCUT2D eigenvalue weighted by molar-refractivity contribution is 5.74. The van der Waals surface area contributed by atoms with E-state index < -0.39 is 12.1 Å². The van der Waals surface area contributed by atoms with Gasteiger partial charge >= 0.3 is 12.0 Å². The van der Waals surface area contributed by atoms with E-state index in [0.29, 0.717) is 0 Å². The molecule has 6 heteroatoms. The van der Waals surface area contributed by atoms with Crippen molar-refractivity contribution in [2.24, 2.45) is 0 Å². The highest BCUT2D eigenvalue weighted by Gasteiger charge is 2.15. The quantitative estimate of drug-likeness (QED) is 0.716. The van der Waals surface area contributed by atoms with Crippen molar-refractivity contribution in [3.63, 3.8) is 0 Å². The average molecular weight is 294 g/mol. The van der Waals surface area contributed by atoms with Gasteiger partial charge in [0.1, 0.15) is 0 Å². The predicted octanol–water partition coefficient (Wildman–Crippen LogP) is 1.84. The Bertz CT molecular complexity index is 490. The minimum absolute atomic E-state index is 0.133. The summed E-state index contributed by atoms with van der Waals surface area (Å²) in [6.07, 6.45) is -0.688. The van der Waals surface area contributed by atoms with Gasteiger partial charge in [-0.25, -0.2) is 4.79 Å². The number of carbonyl (C=O) groups is 2. The Balaban J connectivity index is 2.46. The molecule has 0 aliphatic rings. The van der Waals surface area contributed by atoms with E-state index in [0.717, 1.165) is 11.1 Å². The third kappa shape index (κ3) is 5.83. The van der Waals surface area contributed by atoms with Crippen LogP contribution < -0.4 is 10.6 Å². The topological polar surface area (TPSA) is 87.7 Å². The van der Waals surface area contributed by atoms with Crippen LogP contribution in [0.5, 0.6) is 0 Å². The monoisotopic (exact) mass is 294 g/mol. The summed E-state index contributed by atoms with van der Waals surface area (Å²) in [5.41, 5.74) is 2.15. The number of ether oxygens (including phenoxy) is 1. The molecule has 0 aliphatic carbocycles. The SMILES string of the molecule is COC(CNC(=O)NC(C)c1ccccc1C)CC(=O)O. The molecule has 0 spiro atoms. The van der Waals surface area contributed by atoms with E-state index in [9.17, 15) is 9.59 Å². The zero-order chi connectivity index (χ0) is 15.8. The first-order chi connectivity index (χ1) is 9.93. The van der Waals surface area contributed by atoms with Crippen LogP contribution in [0, 0.1) is 6.92 Å². The zero-order valence-corrected chi connectivity index (χ0v) is 12.6. The Morgan fingerprint density at radius 2 is 2.00 bits per heavy atom. The molecule has 1 aromatic carbocycles. The largest absolute Gasteiger partial charge is 0.481 e. The van der Waals surface area contributed by atoms with Gasteiger partial charge in [0.2, 0.25) is 0 Å². The first-order valence-electron chi connectivity index (χ1n) is 6.78. The molecule has 0 fully saturated rings. The highest BCUT2D eigenvalue weighted by Crippen LogP contribution is 2.16. The van der Waals surface area contributed by atoms with Gasteiger partial charge in [-0.3, -0.25) is 4.79 Å². The first-order valence-corrected chi connectivity index (χ1v) is 6.78. The van der Waals surface area contributed by atoms with Gasteiger partial charge in [0, 0.05) is 13.7 Å². The van der Waals surface area contributed by atoms with Gasteiger partial charge in [0.05, 0.1) is 18.6 Å². The molecule has 1 rings (SSSR count). The molecule has 0 saturated heterocycles. The number of carbonyl (C=O) groups excluding carboxylic acids is 1. The van der Waals surface area contributed by atoms with Gasteiger partial charge in [-0.1, -0.05) is 24.3 Å². The van der Waals surface area contributed by atoms with Crippen molar-refractivity contribution in [3.8, 4) is 0 Å². The van der Waals surface area contributed by atoms with Crippen molar-refractivity contribution in [1.82, 2.24) is 10.6 Å². The lowest BCUT2D eigenvalue weighted by Gasteiger charge is -2.19. The van der Waals surface area contributed by atoms with E-state index >= 15 is 0 Å². The highest BCUT2D eigenvalue weighted by atomic mass is 16.5. The number of methoxy groups -OCH3 is 1. The Hall–Kier alpha value is -2.08. The molecule has 0 heterocycles. The predicted molar refractivity (Wildman–Crippen MR) is 79.2 cm³/mol. The van der Waals surface area contributed by atoms with Crippen LogP contribution in [0.4, 0.5) is 4.79 Å². The second kappa shape index (κ2) is 8.26. The van der Waals surface area contributed by atoms with Gasteiger partial charge in [-0.2, -0.15) is 0 Å². The van der Waals surface area contributed by atoms with Crippen LogP contribution in [0.2, 0.25) is 0 Å². The van der Waals surface area contributed by atoms with Crippen LogP contribution in [-0.2, 0) is 9.53 Å². The smallest absolute Gasteiger partial charge is 0.315 e. The summed E-state index contributed by atoms with van der Waals surface area (Å²) in [5.74, 6) is -0.961. The molecular formula is C15H22N2O4. The lowest BCUT2D eigenvalue weighted by atomic mass is 10.0. The molecule has 0 aromatic heterocycles. The number of hydrogen-bond acceptors (Lipinski definition) is 3. The standard InChI is InChI=1S/C15H22N2O4/c1-10-6-4-5-7-13(10)11(2)17-15(20)16-9-12(21-3)8-14(18)19/h4-7,11-12H,8-9H2,1-3H3,(H,18,19)(H2,16,17,20). The minimum atomic E-state index is -0.961. The molecule has 0 saturated carbocycles. The van der Waals surface area contributed by atoms with Gasteiger partial charge in [-0.05, 0) is 25.0 Å². The number of amides is 2. The third-order valence-corrected chi connectivity index (χ3v) is 3.23. The maximum absolute atomic E-state index is 11.8. The van der Waals surface area contributed by atoms with E-state index in [2.05, 4.69) is 10.6 Å². The van der Waals surface area contributed by atoms with E-state index in [1.165, 1.54) is 7.11 Å². The van der Waals surface area contributed by atoms with Crippen LogP contribution in [0.3, 0.4) is 0 Å². The van der Waals surface area contributed by atoms with E-state index in [4.69, 9.17) is 9.84 Å². The fraction of sp³-hybridized carbons (Fsp3) is 0.467. The molecule has 6 nitrogen and oxygen atoms in total. The fourth-order valence-corrected chi connectivity index (χ4v) is 2.04. The lowest BCUT2D eigenvalue weighted by molar-refractivity contribution is -0.139. The minimum Gasteiger partial charge on any atom is -0.481 e. The number of benzene rings is 1. The Morgan fingerprint density at radius 3 is 2.57 bits per heavy atom.